The van der Waals surface area contributed by atoms with Gasteiger partial charge in [0.2, 0.25) is 5.91 Å². The first-order chi connectivity index (χ1) is 16.4. The van der Waals surface area contributed by atoms with Crippen LogP contribution >= 0.6 is 11.6 Å². The average Bonchev–Trinajstić information content (AvgIpc) is 2.85. The van der Waals surface area contributed by atoms with Crippen molar-refractivity contribution < 1.29 is 18.7 Å². The summed E-state index contributed by atoms with van der Waals surface area (Å²) in [5, 5.41) is 0.119. The fraction of sp³-hybridized carbons (Fsp3) is 0.440. The molecule has 2 aromatic carbocycles. The molecule has 0 saturated carbocycles. The summed E-state index contributed by atoms with van der Waals surface area (Å²) in [6, 6.07) is 11.9. The van der Waals surface area contributed by atoms with Gasteiger partial charge in [0.15, 0.2) is 0 Å². The molecule has 9 heteroatoms. The highest BCUT2D eigenvalue weighted by Crippen LogP contribution is 2.20. The zero-order valence-electron chi connectivity index (χ0n) is 19.4. The number of nitrogens with zero attached hydrogens (tertiary/aromatic N) is 4. The van der Waals surface area contributed by atoms with Crippen molar-refractivity contribution in [1.82, 2.24) is 19.6 Å². The van der Waals surface area contributed by atoms with E-state index in [1.807, 2.05) is 17.0 Å². The van der Waals surface area contributed by atoms with Crippen molar-refractivity contribution in [2.75, 3.05) is 66.0 Å². The Kier molecular flexibility index (Phi) is 8.03. The monoisotopic (exact) mass is 488 g/mol. The van der Waals surface area contributed by atoms with E-state index in [1.54, 1.807) is 12.0 Å². The molecule has 4 rings (SSSR count). The van der Waals surface area contributed by atoms with Crippen LogP contribution in [0.5, 0.6) is 5.75 Å². The molecule has 0 bridgehead atoms. The third-order valence-electron chi connectivity index (χ3n) is 6.47. The molecule has 0 radical (unpaired) electrons. The Morgan fingerprint density at radius 3 is 2.12 bits per heavy atom. The summed E-state index contributed by atoms with van der Waals surface area (Å²) in [7, 11) is 1.66. The molecule has 2 heterocycles. The summed E-state index contributed by atoms with van der Waals surface area (Å²) in [6.07, 6.45) is 0. The topological polar surface area (TPSA) is 56.3 Å². The Balaban J connectivity index is 1.19. The molecule has 2 saturated heterocycles. The predicted molar refractivity (Wildman–Crippen MR) is 129 cm³/mol. The molecule has 2 aliphatic heterocycles. The number of ether oxygens (including phenoxy) is 1. The van der Waals surface area contributed by atoms with Gasteiger partial charge in [-0.2, -0.15) is 0 Å². The molecule has 2 fully saturated rings. The van der Waals surface area contributed by atoms with Gasteiger partial charge in [0.1, 0.15) is 11.6 Å². The summed E-state index contributed by atoms with van der Waals surface area (Å²) >= 11 is 6.04. The van der Waals surface area contributed by atoms with Gasteiger partial charge >= 0.3 is 0 Å². The van der Waals surface area contributed by atoms with Crippen LogP contribution < -0.4 is 4.74 Å². The number of hydrogen-bond acceptors (Lipinski definition) is 5. The van der Waals surface area contributed by atoms with Crippen molar-refractivity contribution in [2.24, 2.45) is 0 Å². The van der Waals surface area contributed by atoms with Crippen LogP contribution in [0, 0.1) is 5.82 Å². The van der Waals surface area contributed by atoms with Crippen LogP contribution in [0.2, 0.25) is 5.02 Å². The summed E-state index contributed by atoms with van der Waals surface area (Å²) in [4.78, 5) is 33.6. The maximum atomic E-state index is 13.3. The van der Waals surface area contributed by atoms with Crippen LogP contribution in [0.3, 0.4) is 0 Å². The first-order valence-electron chi connectivity index (χ1n) is 11.5. The van der Waals surface area contributed by atoms with Crippen molar-refractivity contribution >= 4 is 23.4 Å². The minimum atomic E-state index is -0.466. The first-order valence-corrected chi connectivity index (χ1v) is 11.9. The lowest BCUT2D eigenvalue weighted by molar-refractivity contribution is -0.134. The van der Waals surface area contributed by atoms with Crippen molar-refractivity contribution in [3.05, 3.63) is 64.4 Å². The van der Waals surface area contributed by atoms with Crippen LogP contribution in [0.1, 0.15) is 15.9 Å². The highest BCUT2D eigenvalue weighted by molar-refractivity contribution is 6.33. The lowest BCUT2D eigenvalue weighted by atomic mass is 10.1. The lowest BCUT2D eigenvalue weighted by Gasteiger charge is -2.38. The Morgan fingerprint density at radius 2 is 1.50 bits per heavy atom. The number of carbonyl (C=O) groups is 2. The molecule has 0 N–H and O–H groups in total. The van der Waals surface area contributed by atoms with E-state index >= 15 is 0 Å². The highest BCUT2D eigenvalue weighted by Gasteiger charge is 2.27. The number of benzene rings is 2. The third kappa shape index (κ3) is 6.05. The second kappa shape index (κ2) is 11.2. The highest BCUT2D eigenvalue weighted by atomic mass is 35.5. The average molecular weight is 489 g/mol. The van der Waals surface area contributed by atoms with E-state index in [0.717, 1.165) is 44.5 Å². The lowest BCUT2D eigenvalue weighted by Crippen LogP contribution is -2.54. The molecule has 0 aliphatic carbocycles. The molecule has 0 aromatic heterocycles. The van der Waals surface area contributed by atoms with E-state index in [2.05, 4.69) is 21.9 Å². The van der Waals surface area contributed by atoms with Gasteiger partial charge < -0.3 is 14.5 Å². The normalized spacial score (nSPS) is 17.6. The number of rotatable bonds is 6. The number of halogens is 2. The predicted octanol–water partition coefficient (Wildman–Crippen LogP) is 2.59. The molecule has 2 aliphatic rings. The molecule has 2 aromatic rings. The standard InChI is InChI=1S/C25H30ClFN4O3/c1-34-21-5-2-19(3-6-21)17-28-8-12-30(13-9-28)24(32)18-29-10-14-31(15-11-29)25(33)22-7-4-20(27)16-23(22)26/h2-7,16H,8-15,17-18H2,1H3. The van der Waals surface area contributed by atoms with E-state index in [1.165, 1.54) is 17.7 Å². The fourth-order valence-electron chi connectivity index (χ4n) is 4.38. The number of amides is 2. The molecule has 0 atom stereocenters. The smallest absolute Gasteiger partial charge is 0.255 e. The van der Waals surface area contributed by atoms with E-state index in [4.69, 9.17) is 16.3 Å². The zero-order valence-corrected chi connectivity index (χ0v) is 20.1. The van der Waals surface area contributed by atoms with Gasteiger partial charge in [0.25, 0.3) is 5.91 Å². The fourth-order valence-corrected chi connectivity index (χ4v) is 4.63. The van der Waals surface area contributed by atoms with Gasteiger partial charge in [-0.3, -0.25) is 19.4 Å². The summed E-state index contributed by atoms with van der Waals surface area (Å²) in [5.74, 6) is 0.310. The minimum Gasteiger partial charge on any atom is -0.497 e. The largest absolute Gasteiger partial charge is 0.497 e. The Labute approximate surface area is 204 Å². The Morgan fingerprint density at radius 1 is 0.882 bits per heavy atom. The van der Waals surface area contributed by atoms with Gasteiger partial charge in [-0.05, 0) is 35.9 Å². The van der Waals surface area contributed by atoms with Crippen molar-refractivity contribution in [1.29, 1.82) is 0 Å². The van der Waals surface area contributed by atoms with E-state index in [9.17, 15) is 14.0 Å². The molecule has 7 nitrogen and oxygen atoms in total. The summed E-state index contributed by atoms with van der Waals surface area (Å²) in [5.41, 5.74) is 1.54. The van der Waals surface area contributed by atoms with Gasteiger partial charge in [-0.1, -0.05) is 23.7 Å². The molecule has 0 unspecified atom stereocenters. The van der Waals surface area contributed by atoms with Gasteiger partial charge in [0.05, 0.1) is 24.2 Å². The van der Waals surface area contributed by atoms with Crippen LogP contribution in [-0.2, 0) is 11.3 Å². The van der Waals surface area contributed by atoms with Crippen molar-refractivity contribution in [3.8, 4) is 5.75 Å². The molecular weight excluding hydrogens is 459 g/mol. The number of piperazine rings is 2. The van der Waals surface area contributed by atoms with E-state index in [-0.39, 0.29) is 16.8 Å². The number of hydrogen-bond donors (Lipinski definition) is 0. The maximum Gasteiger partial charge on any atom is 0.255 e. The van der Waals surface area contributed by atoms with Crippen molar-refractivity contribution in [3.63, 3.8) is 0 Å². The Hall–Kier alpha value is -2.68. The van der Waals surface area contributed by atoms with E-state index < -0.39 is 5.82 Å². The van der Waals surface area contributed by atoms with Crippen LogP contribution in [0.4, 0.5) is 4.39 Å². The van der Waals surface area contributed by atoms with E-state index in [0.29, 0.717) is 38.3 Å². The molecule has 0 spiro atoms. The molecule has 182 valence electrons. The first kappa shape index (κ1) is 24.4. The molecule has 2 amide bonds. The molecule has 34 heavy (non-hydrogen) atoms. The van der Waals surface area contributed by atoms with Gasteiger partial charge in [0, 0.05) is 58.9 Å². The molecular formula is C25H30ClFN4O3. The second-order valence-electron chi connectivity index (χ2n) is 8.70. The van der Waals surface area contributed by atoms with Crippen LogP contribution in [0.15, 0.2) is 42.5 Å². The Bertz CT molecular complexity index is 1000. The SMILES string of the molecule is COc1ccc(CN2CCN(C(=O)CN3CCN(C(=O)c4ccc(F)cc4Cl)CC3)CC2)cc1. The van der Waals surface area contributed by atoms with Gasteiger partial charge in [-0.25, -0.2) is 4.39 Å². The zero-order chi connectivity index (χ0) is 24.1. The van der Waals surface area contributed by atoms with Crippen LogP contribution in [0.25, 0.3) is 0 Å². The maximum absolute atomic E-state index is 13.3. The summed E-state index contributed by atoms with van der Waals surface area (Å²) in [6.45, 7) is 6.61. The second-order valence-corrected chi connectivity index (χ2v) is 9.10. The third-order valence-corrected chi connectivity index (χ3v) is 6.78. The number of methoxy groups -OCH3 is 1. The van der Waals surface area contributed by atoms with Crippen LogP contribution in [-0.4, -0.2) is 97.4 Å². The number of carbonyl (C=O) groups excluding carboxylic acids is 2. The minimum absolute atomic E-state index is 0.119. The quantitative estimate of drug-likeness (QED) is 0.625. The van der Waals surface area contributed by atoms with Gasteiger partial charge in [-0.15, -0.1) is 0 Å². The summed E-state index contributed by atoms with van der Waals surface area (Å²) < 4.78 is 18.5. The van der Waals surface area contributed by atoms with Crippen molar-refractivity contribution in [2.45, 2.75) is 6.54 Å².